The third-order valence-electron chi connectivity index (χ3n) is 2.31. The molecule has 0 spiro atoms. The summed E-state index contributed by atoms with van der Waals surface area (Å²) in [5.74, 6) is -0.333. The second-order valence-electron chi connectivity index (χ2n) is 3.31. The van der Waals surface area contributed by atoms with Gasteiger partial charge < -0.3 is 5.73 Å². The Bertz CT molecular complexity index is 525. The van der Waals surface area contributed by atoms with E-state index < -0.39 is 0 Å². The van der Waals surface area contributed by atoms with Crippen LogP contribution < -0.4 is 5.73 Å². The smallest absolute Gasteiger partial charge is 0.134 e. The molecule has 0 aliphatic heterocycles. The number of nitrogen functional groups attached to an aromatic ring is 1. The molecule has 2 rings (SSSR count). The largest absolute Gasteiger partial charge is 0.398 e. The lowest BCUT2D eigenvalue weighted by molar-refractivity contribution is 0.639. The number of aromatic nitrogens is 1. The van der Waals surface area contributed by atoms with Gasteiger partial charge in [-0.2, -0.15) is 0 Å². The molecule has 1 aromatic heterocycles. The predicted molar refractivity (Wildman–Crippen MR) is 63.2 cm³/mol. The fourth-order valence-electron chi connectivity index (χ4n) is 1.53. The van der Waals surface area contributed by atoms with E-state index in [9.17, 15) is 4.39 Å². The summed E-state index contributed by atoms with van der Waals surface area (Å²) in [5.41, 5.74) is 7.70. The van der Waals surface area contributed by atoms with E-state index in [0.717, 1.165) is 16.6 Å². The van der Waals surface area contributed by atoms with Crippen molar-refractivity contribution >= 4 is 32.5 Å². The average Bonchev–Trinajstić information content (AvgIpc) is 2.23. The minimum atomic E-state index is -0.333. The Morgan fingerprint density at radius 1 is 1.47 bits per heavy atom. The van der Waals surface area contributed by atoms with Crippen LogP contribution in [0.3, 0.4) is 0 Å². The van der Waals surface area contributed by atoms with Crippen LogP contribution in [0.25, 0.3) is 10.9 Å². The van der Waals surface area contributed by atoms with Gasteiger partial charge in [-0.25, -0.2) is 4.39 Å². The van der Waals surface area contributed by atoms with Crippen molar-refractivity contribution in [1.82, 2.24) is 4.98 Å². The molecule has 1 aromatic carbocycles. The molecular formula is C11H10BrFN2. The van der Waals surface area contributed by atoms with Gasteiger partial charge in [-0.1, -0.05) is 6.92 Å². The van der Waals surface area contributed by atoms with Crippen LogP contribution in [0, 0.1) is 5.82 Å². The molecule has 4 heteroatoms. The molecular weight excluding hydrogens is 259 g/mol. The molecule has 0 fully saturated rings. The van der Waals surface area contributed by atoms with E-state index in [4.69, 9.17) is 5.73 Å². The van der Waals surface area contributed by atoms with Gasteiger partial charge in [-0.15, -0.1) is 0 Å². The maximum atomic E-state index is 13.5. The van der Waals surface area contributed by atoms with Crippen molar-refractivity contribution in [3.8, 4) is 0 Å². The molecule has 2 aromatic rings. The third kappa shape index (κ3) is 1.69. The van der Waals surface area contributed by atoms with Crippen LogP contribution in [0.15, 0.2) is 22.7 Å². The maximum absolute atomic E-state index is 13.5. The highest BCUT2D eigenvalue weighted by Gasteiger charge is 2.10. The minimum Gasteiger partial charge on any atom is -0.398 e. The number of pyridine rings is 1. The lowest BCUT2D eigenvalue weighted by Crippen LogP contribution is -1.97. The predicted octanol–water partition coefficient (Wildman–Crippen LogP) is 3.28. The molecule has 0 amide bonds. The van der Waals surface area contributed by atoms with Crippen molar-refractivity contribution in [1.29, 1.82) is 0 Å². The molecule has 0 saturated heterocycles. The van der Waals surface area contributed by atoms with Gasteiger partial charge in [0.2, 0.25) is 0 Å². The third-order valence-corrected chi connectivity index (χ3v) is 2.95. The van der Waals surface area contributed by atoms with Gasteiger partial charge in [-0.05, 0) is 40.5 Å². The monoisotopic (exact) mass is 268 g/mol. The van der Waals surface area contributed by atoms with E-state index in [-0.39, 0.29) is 5.82 Å². The number of nitrogens with zero attached hydrogens (tertiary/aromatic N) is 1. The van der Waals surface area contributed by atoms with Crippen LogP contribution in [0.4, 0.5) is 10.1 Å². The van der Waals surface area contributed by atoms with Crippen molar-refractivity contribution in [3.05, 3.63) is 34.2 Å². The Hall–Kier alpha value is -1.16. The molecule has 2 nitrogen and oxygen atoms in total. The molecule has 0 aliphatic carbocycles. The Balaban J connectivity index is 2.90. The maximum Gasteiger partial charge on any atom is 0.134 e. The van der Waals surface area contributed by atoms with Gasteiger partial charge in [0.25, 0.3) is 0 Å². The summed E-state index contributed by atoms with van der Waals surface area (Å²) in [6.45, 7) is 1.99. The molecule has 0 unspecified atom stereocenters. The summed E-state index contributed by atoms with van der Waals surface area (Å²) >= 11 is 3.34. The van der Waals surface area contributed by atoms with Crippen LogP contribution in [0.1, 0.15) is 12.6 Å². The Labute approximate surface area is 95.4 Å². The summed E-state index contributed by atoms with van der Waals surface area (Å²) < 4.78 is 14.3. The highest BCUT2D eigenvalue weighted by Crippen LogP contribution is 2.29. The summed E-state index contributed by atoms with van der Waals surface area (Å²) in [4.78, 5) is 4.35. The fraction of sp³-hybridized carbons (Fsp3) is 0.182. The fourth-order valence-corrected chi connectivity index (χ4v) is 1.95. The number of hydrogen-bond donors (Lipinski definition) is 1. The SMILES string of the molecule is CCc1cc(N)c2c(F)ccc(Br)c2n1. The van der Waals surface area contributed by atoms with Crippen LogP contribution in [-0.2, 0) is 6.42 Å². The number of benzene rings is 1. The molecule has 15 heavy (non-hydrogen) atoms. The first-order valence-corrected chi connectivity index (χ1v) is 5.46. The second-order valence-corrected chi connectivity index (χ2v) is 4.16. The molecule has 1 heterocycles. The van der Waals surface area contributed by atoms with Crippen molar-refractivity contribution in [3.63, 3.8) is 0 Å². The first kappa shape index (κ1) is 10.4. The Kier molecular flexibility index (Phi) is 2.61. The Morgan fingerprint density at radius 3 is 2.87 bits per heavy atom. The number of nitrogens with two attached hydrogens (primary N) is 1. The molecule has 0 radical (unpaired) electrons. The van der Waals surface area contributed by atoms with E-state index in [1.165, 1.54) is 6.07 Å². The number of halogens is 2. The van der Waals surface area contributed by atoms with Crippen molar-refractivity contribution in [2.45, 2.75) is 13.3 Å². The zero-order valence-corrected chi connectivity index (χ0v) is 9.81. The second kappa shape index (κ2) is 3.77. The van der Waals surface area contributed by atoms with Gasteiger partial charge >= 0.3 is 0 Å². The number of anilines is 1. The van der Waals surface area contributed by atoms with Gasteiger partial charge in [0.1, 0.15) is 5.82 Å². The van der Waals surface area contributed by atoms with Gasteiger partial charge in [0, 0.05) is 15.9 Å². The van der Waals surface area contributed by atoms with E-state index in [1.54, 1.807) is 12.1 Å². The topological polar surface area (TPSA) is 38.9 Å². The standard InChI is InChI=1S/C11H10BrFN2/c1-2-6-5-9(14)10-8(13)4-3-7(12)11(10)15-6/h3-5H,2H2,1H3,(H2,14,15). The van der Waals surface area contributed by atoms with Gasteiger partial charge in [0.15, 0.2) is 0 Å². The van der Waals surface area contributed by atoms with E-state index in [0.29, 0.717) is 16.6 Å². The van der Waals surface area contributed by atoms with Crippen molar-refractivity contribution in [2.75, 3.05) is 5.73 Å². The summed E-state index contributed by atoms with van der Waals surface area (Å²) in [6.07, 6.45) is 0.781. The number of rotatable bonds is 1. The highest BCUT2D eigenvalue weighted by molar-refractivity contribution is 9.10. The first-order valence-electron chi connectivity index (χ1n) is 4.66. The Morgan fingerprint density at radius 2 is 2.20 bits per heavy atom. The van der Waals surface area contributed by atoms with E-state index >= 15 is 0 Å². The van der Waals surface area contributed by atoms with E-state index in [1.807, 2.05) is 6.92 Å². The minimum absolute atomic E-state index is 0.333. The molecule has 78 valence electrons. The quantitative estimate of drug-likeness (QED) is 0.862. The molecule has 0 bridgehead atoms. The molecule has 2 N–H and O–H groups in total. The summed E-state index contributed by atoms with van der Waals surface area (Å²) in [5, 5.41) is 0.390. The summed E-state index contributed by atoms with van der Waals surface area (Å²) in [6, 6.07) is 4.75. The zero-order chi connectivity index (χ0) is 11.0. The molecule has 0 aliphatic rings. The lowest BCUT2D eigenvalue weighted by Gasteiger charge is -2.07. The van der Waals surface area contributed by atoms with Crippen LogP contribution in [0.5, 0.6) is 0 Å². The van der Waals surface area contributed by atoms with Gasteiger partial charge in [0.05, 0.1) is 10.9 Å². The number of aryl methyl sites for hydroxylation is 1. The summed E-state index contributed by atoms with van der Waals surface area (Å²) in [7, 11) is 0. The van der Waals surface area contributed by atoms with Crippen LogP contribution in [0.2, 0.25) is 0 Å². The van der Waals surface area contributed by atoms with Crippen molar-refractivity contribution in [2.24, 2.45) is 0 Å². The number of fused-ring (bicyclic) bond motifs is 1. The van der Waals surface area contributed by atoms with E-state index in [2.05, 4.69) is 20.9 Å². The normalized spacial score (nSPS) is 10.9. The first-order chi connectivity index (χ1) is 7.13. The van der Waals surface area contributed by atoms with Crippen molar-refractivity contribution < 1.29 is 4.39 Å². The zero-order valence-electron chi connectivity index (χ0n) is 8.22. The molecule has 0 atom stereocenters. The highest BCUT2D eigenvalue weighted by atomic mass is 79.9. The average molecular weight is 269 g/mol. The van der Waals surface area contributed by atoms with Gasteiger partial charge in [-0.3, -0.25) is 4.98 Å². The van der Waals surface area contributed by atoms with Crippen LogP contribution >= 0.6 is 15.9 Å². The number of hydrogen-bond acceptors (Lipinski definition) is 2. The lowest BCUT2D eigenvalue weighted by atomic mass is 10.1. The van der Waals surface area contributed by atoms with Crippen LogP contribution in [-0.4, -0.2) is 4.98 Å². The molecule has 0 saturated carbocycles.